The predicted molar refractivity (Wildman–Crippen MR) is 61.4 cm³/mol. The van der Waals surface area contributed by atoms with Crippen molar-refractivity contribution in [1.82, 2.24) is 10.4 Å². The van der Waals surface area contributed by atoms with E-state index in [2.05, 4.69) is 5.43 Å². The summed E-state index contributed by atoms with van der Waals surface area (Å²) >= 11 is 0. The first-order valence-corrected chi connectivity index (χ1v) is 5.41. The lowest BCUT2D eigenvalue weighted by molar-refractivity contribution is 0.0854. The molecule has 0 bridgehead atoms. The summed E-state index contributed by atoms with van der Waals surface area (Å²) < 4.78 is 5.53. The number of amides is 1. The Hall–Kier alpha value is -1.55. The molecular weight excluding hydrogens is 204 g/mol. The Bertz CT molecular complexity index is 402. The van der Waals surface area contributed by atoms with Crippen molar-refractivity contribution in [2.24, 2.45) is 0 Å². The van der Waals surface area contributed by atoms with Crippen LogP contribution in [0.15, 0.2) is 18.2 Å². The van der Waals surface area contributed by atoms with E-state index in [1.807, 2.05) is 18.2 Å². The Morgan fingerprint density at radius 1 is 1.44 bits per heavy atom. The van der Waals surface area contributed by atoms with Crippen LogP contribution in [0.5, 0.6) is 5.75 Å². The highest BCUT2D eigenvalue weighted by molar-refractivity contribution is 5.96. The molecule has 0 aromatic heterocycles. The van der Waals surface area contributed by atoms with Crippen molar-refractivity contribution in [1.29, 1.82) is 0 Å². The van der Waals surface area contributed by atoms with E-state index in [-0.39, 0.29) is 5.91 Å². The van der Waals surface area contributed by atoms with Gasteiger partial charge in [-0.2, -0.15) is 0 Å². The van der Waals surface area contributed by atoms with Gasteiger partial charge in [0.15, 0.2) is 0 Å². The zero-order valence-corrected chi connectivity index (χ0v) is 9.62. The van der Waals surface area contributed by atoms with Crippen LogP contribution in [0.4, 0.5) is 0 Å². The van der Waals surface area contributed by atoms with Crippen LogP contribution in [-0.4, -0.2) is 31.6 Å². The molecule has 0 fully saturated rings. The Kier molecular flexibility index (Phi) is 3.10. The molecule has 0 unspecified atom stereocenters. The SMILES string of the molecule is CN(C)NC(=O)c1cccc2c1CCCO2. The predicted octanol–water partition coefficient (Wildman–Crippen LogP) is 1.22. The van der Waals surface area contributed by atoms with Crippen LogP contribution in [0.2, 0.25) is 0 Å². The number of carbonyl (C=O) groups is 1. The number of nitrogens with one attached hydrogen (secondary N) is 1. The molecule has 0 saturated carbocycles. The monoisotopic (exact) mass is 220 g/mol. The van der Waals surface area contributed by atoms with Gasteiger partial charge in [-0.1, -0.05) is 6.07 Å². The molecule has 1 aromatic rings. The molecule has 0 saturated heterocycles. The lowest BCUT2D eigenvalue weighted by Crippen LogP contribution is -2.36. The molecule has 1 amide bonds. The third-order valence-corrected chi connectivity index (χ3v) is 2.53. The fourth-order valence-electron chi connectivity index (χ4n) is 1.87. The molecule has 4 nitrogen and oxygen atoms in total. The highest BCUT2D eigenvalue weighted by Gasteiger charge is 2.18. The topological polar surface area (TPSA) is 41.6 Å². The number of ether oxygens (including phenoxy) is 1. The molecule has 2 rings (SSSR count). The maximum atomic E-state index is 11.9. The van der Waals surface area contributed by atoms with Gasteiger partial charge in [-0.3, -0.25) is 10.2 Å². The van der Waals surface area contributed by atoms with Gasteiger partial charge >= 0.3 is 0 Å². The molecule has 1 aromatic carbocycles. The van der Waals surface area contributed by atoms with Gasteiger partial charge in [0.25, 0.3) is 5.91 Å². The molecule has 0 radical (unpaired) electrons. The average molecular weight is 220 g/mol. The fourth-order valence-corrected chi connectivity index (χ4v) is 1.87. The second-order valence-electron chi connectivity index (χ2n) is 4.07. The number of fused-ring (bicyclic) bond motifs is 1. The van der Waals surface area contributed by atoms with E-state index in [0.29, 0.717) is 5.56 Å². The summed E-state index contributed by atoms with van der Waals surface area (Å²) in [5, 5.41) is 1.64. The Balaban J connectivity index is 2.30. The van der Waals surface area contributed by atoms with Crippen molar-refractivity contribution in [3.05, 3.63) is 29.3 Å². The van der Waals surface area contributed by atoms with Gasteiger partial charge in [-0.05, 0) is 25.0 Å². The van der Waals surface area contributed by atoms with E-state index in [9.17, 15) is 4.79 Å². The van der Waals surface area contributed by atoms with Gasteiger partial charge in [0.2, 0.25) is 0 Å². The third-order valence-electron chi connectivity index (χ3n) is 2.53. The molecule has 1 heterocycles. The van der Waals surface area contributed by atoms with Crippen molar-refractivity contribution in [2.45, 2.75) is 12.8 Å². The molecule has 86 valence electrons. The standard InChI is InChI=1S/C12H16N2O2/c1-14(2)13-12(15)10-5-3-7-11-9(10)6-4-8-16-11/h3,5,7H,4,6,8H2,1-2H3,(H,13,15). The van der Waals surface area contributed by atoms with E-state index in [4.69, 9.17) is 4.74 Å². The molecule has 1 aliphatic rings. The van der Waals surface area contributed by atoms with Crippen LogP contribution < -0.4 is 10.2 Å². The number of hydrogen-bond donors (Lipinski definition) is 1. The van der Waals surface area contributed by atoms with Crippen LogP contribution in [0.3, 0.4) is 0 Å². The number of rotatable bonds is 2. The zero-order valence-electron chi connectivity index (χ0n) is 9.62. The summed E-state index contributed by atoms with van der Waals surface area (Å²) in [4.78, 5) is 11.9. The highest BCUT2D eigenvalue weighted by atomic mass is 16.5. The minimum atomic E-state index is -0.0765. The minimum Gasteiger partial charge on any atom is -0.493 e. The van der Waals surface area contributed by atoms with E-state index in [0.717, 1.165) is 30.8 Å². The number of hydrogen-bond acceptors (Lipinski definition) is 3. The van der Waals surface area contributed by atoms with Crippen LogP contribution in [0.1, 0.15) is 22.3 Å². The summed E-state index contributed by atoms with van der Waals surface area (Å²) in [6, 6.07) is 5.61. The number of nitrogens with zero attached hydrogens (tertiary/aromatic N) is 1. The van der Waals surface area contributed by atoms with Crippen molar-refractivity contribution in [2.75, 3.05) is 20.7 Å². The molecule has 0 spiro atoms. The van der Waals surface area contributed by atoms with E-state index in [1.165, 1.54) is 0 Å². The number of benzene rings is 1. The van der Waals surface area contributed by atoms with Crippen LogP contribution in [0, 0.1) is 0 Å². The van der Waals surface area contributed by atoms with Crippen LogP contribution >= 0.6 is 0 Å². The highest BCUT2D eigenvalue weighted by Crippen LogP contribution is 2.27. The Labute approximate surface area is 95.2 Å². The summed E-state index contributed by atoms with van der Waals surface area (Å²) in [5.41, 5.74) is 4.48. The average Bonchev–Trinajstić information content (AvgIpc) is 2.27. The molecule has 0 atom stereocenters. The normalized spacial score (nSPS) is 14.2. The third kappa shape index (κ3) is 2.17. The minimum absolute atomic E-state index is 0.0765. The van der Waals surface area contributed by atoms with Crippen molar-refractivity contribution < 1.29 is 9.53 Å². The Morgan fingerprint density at radius 3 is 3.00 bits per heavy atom. The lowest BCUT2D eigenvalue weighted by Gasteiger charge is -2.20. The van der Waals surface area contributed by atoms with Gasteiger partial charge in [0.1, 0.15) is 5.75 Å². The first kappa shape index (κ1) is 11.0. The first-order valence-electron chi connectivity index (χ1n) is 5.41. The van der Waals surface area contributed by atoms with Gasteiger partial charge in [0, 0.05) is 25.2 Å². The van der Waals surface area contributed by atoms with Gasteiger partial charge in [0.05, 0.1) is 6.61 Å². The second-order valence-corrected chi connectivity index (χ2v) is 4.07. The lowest BCUT2D eigenvalue weighted by atomic mass is 9.99. The molecule has 4 heteroatoms. The summed E-state index contributed by atoms with van der Waals surface area (Å²) in [6.07, 6.45) is 1.88. The van der Waals surface area contributed by atoms with Crippen molar-refractivity contribution in [3.8, 4) is 5.75 Å². The largest absolute Gasteiger partial charge is 0.493 e. The van der Waals surface area contributed by atoms with Crippen molar-refractivity contribution in [3.63, 3.8) is 0 Å². The Morgan fingerprint density at radius 2 is 2.25 bits per heavy atom. The summed E-state index contributed by atoms with van der Waals surface area (Å²) in [5.74, 6) is 0.769. The zero-order chi connectivity index (χ0) is 11.5. The van der Waals surface area contributed by atoms with Gasteiger partial charge in [-0.25, -0.2) is 5.01 Å². The quantitative estimate of drug-likeness (QED) is 0.762. The molecule has 1 aliphatic heterocycles. The van der Waals surface area contributed by atoms with E-state index >= 15 is 0 Å². The van der Waals surface area contributed by atoms with Gasteiger partial charge < -0.3 is 4.74 Å². The molecule has 1 N–H and O–H groups in total. The molecule has 0 aliphatic carbocycles. The summed E-state index contributed by atoms with van der Waals surface area (Å²) in [7, 11) is 3.59. The molecule has 16 heavy (non-hydrogen) atoms. The summed E-state index contributed by atoms with van der Waals surface area (Å²) in [6.45, 7) is 0.742. The fraction of sp³-hybridized carbons (Fsp3) is 0.417. The maximum absolute atomic E-state index is 11.9. The van der Waals surface area contributed by atoms with Crippen LogP contribution in [0.25, 0.3) is 0 Å². The van der Waals surface area contributed by atoms with E-state index in [1.54, 1.807) is 19.1 Å². The number of carbonyl (C=O) groups excluding carboxylic acids is 1. The smallest absolute Gasteiger partial charge is 0.265 e. The second kappa shape index (κ2) is 4.53. The van der Waals surface area contributed by atoms with Crippen molar-refractivity contribution >= 4 is 5.91 Å². The first-order chi connectivity index (χ1) is 7.68. The van der Waals surface area contributed by atoms with Crippen LogP contribution in [-0.2, 0) is 6.42 Å². The van der Waals surface area contributed by atoms with Gasteiger partial charge in [-0.15, -0.1) is 0 Å². The van der Waals surface area contributed by atoms with E-state index < -0.39 is 0 Å². The number of hydrazine groups is 1. The maximum Gasteiger partial charge on any atom is 0.265 e. The molecular formula is C12H16N2O2.